The molecule has 4 heteroatoms. The molecule has 1 N–H and O–H groups in total. The second kappa shape index (κ2) is 7.01. The van der Waals surface area contributed by atoms with Crippen LogP contribution in [0.15, 0.2) is 36.7 Å². The second-order valence-electron chi connectivity index (χ2n) is 5.00. The number of aryl methyl sites for hydroxylation is 1. The fourth-order valence-electron chi connectivity index (χ4n) is 1.91. The third-order valence-electron chi connectivity index (χ3n) is 2.92. The van der Waals surface area contributed by atoms with Crippen molar-refractivity contribution in [3.05, 3.63) is 53.5 Å². The van der Waals surface area contributed by atoms with E-state index in [9.17, 15) is 0 Å². The molecule has 2 aromatic rings. The number of pyridine rings is 2. The topological polar surface area (TPSA) is 47.0 Å². The quantitative estimate of drug-likeness (QED) is 0.877. The van der Waals surface area contributed by atoms with Crippen molar-refractivity contribution in [1.82, 2.24) is 15.3 Å². The van der Waals surface area contributed by atoms with Gasteiger partial charge in [0.25, 0.3) is 0 Å². The number of nitrogens with zero attached hydrogens (tertiary/aromatic N) is 2. The zero-order valence-electron chi connectivity index (χ0n) is 12.3. The molecule has 0 fully saturated rings. The summed E-state index contributed by atoms with van der Waals surface area (Å²) in [6, 6.07) is 7.98. The standard InChI is InChI=1S/C16H21N3O/c1-12(2)20-16-14(7-5-9-19-16)10-17-11-15-13(3)6-4-8-18-15/h4-9,12,17H,10-11H2,1-3H3. The first-order valence-electron chi connectivity index (χ1n) is 6.88. The summed E-state index contributed by atoms with van der Waals surface area (Å²) in [5, 5.41) is 3.39. The van der Waals surface area contributed by atoms with Crippen molar-refractivity contribution in [3.63, 3.8) is 0 Å². The molecule has 0 saturated heterocycles. The second-order valence-corrected chi connectivity index (χ2v) is 5.00. The van der Waals surface area contributed by atoms with Crippen LogP contribution in [0.1, 0.15) is 30.7 Å². The molecule has 0 amide bonds. The van der Waals surface area contributed by atoms with E-state index < -0.39 is 0 Å². The van der Waals surface area contributed by atoms with E-state index >= 15 is 0 Å². The van der Waals surface area contributed by atoms with E-state index in [0.717, 1.165) is 17.8 Å². The summed E-state index contributed by atoms with van der Waals surface area (Å²) >= 11 is 0. The van der Waals surface area contributed by atoms with E-state index in [0.29, 0.717) is 12.4 Å². The average molecular weight is 271 g/mol. The monoisotopic (exact) mass is 271 g/mol. The van der Waals surface area contributed by atoms with E-state index in [4.69, 9.17) is 4.74 Å². The smallest absolute Gasteiger partial charge is 0.218 e. The predicted molar refractivity (Wildman–Crippen MR) is 79.5 cm³/mol. The molecule has 0 unspecified atom stereocenters. The Morgan fingerprint density at radius 1 is 1.10 bits per heavy atom. The lowest BCUT2D eigenvalue weighted by atomic mass is 10.2. The molecule has 0 aliphatic carbocycles. The zero-order chi connectivity index (χ0) is 14.4. The Bertz CT molecular complexity index is 555. The first-order valence-corrected chi connectivity index (χ1v) is 6.88. The lowest BCUT2D eigenvalue weighted by Crippen LogP contribution is -2.17. The minimum Gasteiger partial charge on any atom is -0.475 e. The molecule has 0 spiro atoms. The molecule has 4 nitrogen and oxygen atoms in total. The lowest BCUT2D eigenvalue weighted by molar-refractivity contribution is 0.229. The van der Waals surface area contributed by atoms with Gasteiger partial charge in [0.1, 0.15) is 0 Å². The lowest BCUT2D eigenvalue weighted by Gasteiger charge is -2.13. The van der Waals surface area contributed by atoms with E-state index in [1.165, 1.54) is 5.56 Å². The molecule has 0 atom stereocenters. The highest BCUT2D eigenvalue weighted by molar-refractivity contribution is 5.25. The van der Waals surface area contributed by atoms with E-state index in [2.05, 4.69) is 28.3 Å². The Labute approximate surface area is 120 Å². The van der Waals surface area contributed by atoms with Crippen molar-refractivity contribution >= 4 is 0 Å². The van der Waals surface area contributed by atoms with Gasteiger partial charge in [-0.05, 0) is 38.5 Å². The molecule has 0 aliphatic rings. The maximum Gasteiger partial charge on any atom is 0.218 e. The van der Waals surface area contributed by atoms with Crippen LogP contribution in [0.25, 0.3) is 0 Å². The minimum absolute atomic E-state index is 0.127. The predicted octanol–water partition coefficient (Wildman–Crippen LogP) is 2.86. The van der Waals surface area contributed by atoms with Crippen LogP contribution in [0.4, 0.5) is 0 Å². The molecule has 0 bridgehead atoms. The maximum atomic E-state index is 5.71. The van der Waals surface area contributed by atoms with Crippen LogP contribution in [0.2, 0.25) is 0 Å². The maximum absolute atomic E-state index is 5.71. The summed E-state index contributed by atoms with van der Waals surface area (Å²) in [4.78, 5) is 8.66. The van der Waals surface area contributed by atoms with Crippen LogP contribution in [-0.2, 0) is 13.1 Å². The van der Waals surface area contributed by atoms with Crippen LogP contribution >= 0.6 is 0 Å². The Balaban J connectivity index is 1.96. The summed E-state index contributed by atoms with van der Waals surface area (Å²) in [6.45, 7) is 7.53. The van der Waals surface area contributed by atoms with Gasteiger partial charge in [0.2, 0.25) is 5.88 Å². The first kappa shape index (κ1) is 14.5. The molecule has 20 heavy (non-hydrogen) atoms. The highest BCUT2D eigenvalue weighted by Gasteiger charge is 2.06. The molecule has 2 aromatic heterocycles. The van der Waals surface area contributed by atoms with E-state index in [-0.39, 0.29) is 6.10 Å². The van der Waals surface area contributed by atoms with Gasteiger partial charge < -0.3 is 10.1 Å². The van der Waals surface area contributed by atoms with Crippen molar-refractivity contribution < 1.29 is 4.74 Å². The molecular formula is C16H21N3O. The van der Waals surface area contributed by atoms with Crippen molar-refractivity contribution in [3.8, 4) is 5.88 Å². The van der Waals surface area contributed by atoms with Gasteiger partial charge in [-0.3, -0.25) is 4.98 Å². The van der Waals surface area contributed by atoms with Gasteiger partial charge in [-0.15, -0.1) is 0 Å². The van der Waals surface area contributed by atoms with Gasteiger partial charge in [-0.25, -0.2) is 4.98 Å². The SMILES string of the molecule is Cc1cccnc1CNCc1cccnc1OC(C)C. The number of rotatable bonds is 6. The van der Waals surface area contributed by atoms with Crippen LogP contribution in [0.3, 0.4) is 0 Å². The van der Waals surface area contributed by atoms with Crippen molar-refractivity contribution in [2.75, 3.05) is 0 Å². The number of nitrogens with one attached hydrogen (secondary N) is 1. The van der Waals surface area contributed by atoms with E-state index in [1.807, 2.05) is 38.2 Å². The largest absolute Gasteiger partial charge is 0.475 e. The molecule has 0 aliphatic heterocycles. The number of hydrogen-bond acceptors (Lipinski definition) is 4. The van der Waals surface area contributed by atoms with Gasteiger partial charge in [0, 0.05) is 31.0 Å². The number of hydrogen-bond donors (Lipinski definition) is 1. The molecule has 2 rings (SSSR count). The average Bonchev–Trinajstić information content (AvgIpc) is 2.42. The van der Waals surface area contributed by atoms with Crippen molar-refractivity contribution in [1.29, 1.82) is 0 Å². The Morgan fingerprint density at radius 2 is 1.85 bits per heavy atom. The third kappa shape index (κ3) is 4.03. The normalized spacial score (nSPS) is 10.8. The van der Waals surface area contributed by atoms with Gasteiger partial charge >= 0.3 is 0 Å². The molecule has 2 heterocycles. The Morgan fingerprint density at radius 3 is 2.60 bits per heavy atom. The summed E-state index contributed by atoms with van der Waals surface area (Å²) < 4.78 is 5.71. The van der Waals surface area contributed by atoms with Gasteiger partial charge in [-0.2, -0.15) is 0 Å². The number of ether oxygens (including phenoxy) is 1. The fraction of sp³-hybridized carbons (Fsp3) is 0.375. The fourth-order valence-corrected chi connectivity index (χ4v) is 1.91. The number of aromatic nitrogens is 2. The van der Waals surface area contributed by atoms with Crippen molar-refractivity contribution in [2.24, 2.45) is 0 Å². The zero-order valence-corrected chi connectivity index (χ0v) is 12.3. The molecule has 106 valence electrons. The molecule has 0 saturated carbocycles. The van der Waals surface area contributed by atoms with Crippen molar-refractivity contribution in [2.45, 2.75) is 40.0 Å². The van der Waals surface area contributed by atoms with Crippen LogP contribution in [0.5, 0.6) is 5.88 Å². The van der Waals surface area contributed by atoms with Crippen LogP contribution in [0, 0.1) is 6.92 Å². The summed E-state index contributed by atoms with van der Waals surface area (Å²) in [5.74, 6) is 0.702. The molecular weight excluding hydrogens is 250 g/mol. The van der Waals surface area contributed by atoms with Crippen LogP contribution in [-0.4, -0.2) is 16.1 Å². The van der Waals surface area contributed by atoms with E-state index in [1.54, 1.807) is 6.20 Å². The summed E-state index contributed by atoms with van der Waals surface area (Å²) in [7, 11) is 0. The Hall–Kier alpha value is -1.94. The highest BCUT2D eigenvalue weighted by atomic mass is 16.5. The summed E-state index contributed by atoms with van der Waals surface area (Å²) in [6.07, 6.45) is 3.70. The highest BCUT2D eigenvalue weighted by Crippen LogP contribution is 2.15. The first-order chi connectivity index (χ1) is 9.66. The van der Waals surface area contributed by atoms with Gasteiger partial charge in [-0.1, -0.05) is 12.1 Å². The van der Waals surface area contributed by atoms with Crippen LogP contribution < -0.4 is 10.1 Å². The molecule has 0 radical (unpaired) electrons. The molecule has 0 aromatic carbocycles. The minimum atomic E-state index is 0.127. The van der Waals surface area contributed by atoms with Gasteiger partial charge in [0.05, 0.1) is 11.8 Å². The Kier molecular flexibility index (Phi) is 5.07. The summed E-state index contributed by atoms with van der Waals surface area (Å²) in [5.41, 5.74) is 3.34. The van der Waals surface area contributed by atoms with Gasteiger partial charge in [0.15, 0.2) is 0 Å². The third-order valence-corrected chi connectivity index (χ3v) is 2.92.